The second-order valence-electron chi connectivity index (χ2n) is 4.15. The van der Waals surface area contributed by atoms with Crippen LogP contribution >= 0.6 is 39.1 Å². The molecule has 0 unspecified atom stereocenters. The molecule has 0 heterocycles. The topological polar surface area (TPSA) is 35.2 Å². The van der Waals surface area contributed by atoms with Gasteiger partial charge >= 0.3 is 0 Å². The molecule has 0 aromatic heterocycles. The first kappa shape index (κ1) is 14.7. The molecule has 5 heteroatoms. The lowest BCUT2D eigenvalue weighted by molar-refractivity contribution is 0.482. The van der Waals surface area contributed by atoms with Crippen molar-refractivity contribution in [2.45, 2.75) is 13.0 Å². The van der Waals surface area contributed by atoms with Gasteiger partial charge in [0.05, 0.1) is 5.02 Å². The number of nitrogens with two attached hydrogens (primary N) is 1. The summed E-state index contributed by atoms with van der Waals surface area (Å²) in [5, 5.41) is 1.09. The molecular formula is C14H12BrCl2NO. The van der Waals surface area contributed by atoms with Gasteiger partial charge in [-0.05, 0) is 36.8 Å². The summed E-state index contributed by atoms with van der Waals surface area (Å²) in [7, 11) is 0. The van der Waals surface area contributed by atoms with Crippen molar-refractivity contribution in [3.05, 3.63) is 56.5 Å². The second kappa shape index (κ2) is 6.14. The standard InChI is InChI=1S/C14H12BrCl2NO/c1-8(18)11-4-3-10(7-12(11)15)19-14-6-9(16)2-5-13(14)17/h2-8H,18H2,1H3/t8-/m1/s1. The molecule has 19 heavy (non-hydrogen) atoms. The molecule has 0 saturated heterocycles. The smallest absolute Gasteiger partial charge is 0.147 e. The van der Waals surface area contributed by atoms with Gasteiger partial charge in [0.2, 0.25) is 0 Å². The van der Waals surface area contributed by atoms with Gasteiger partial charge in [-0.25, -0.2) is 0 Å². The second-order valence-corrected chi connectivity index (χ2v) is 5.85. The van der Waals surface area contributed by atoms with Crippen molar-refractivity contribution in [2.24, 2.45) is 5.73 Å². The highest BCUT2D eigenvalue weighted by Gasteiger charge is 2.08. The van der Waals surface area contributed by atoms with Gasteiger partial charge in [0.15, 0.2) is 0 Å². The van der Waals surface area contributed by atoms with Gasteiger partial charge in [-0.2, -0.15) is 0 Å². The Morgan fingerprint density at radius 3 is 2.53 bits per heavy atom. The van der Waals surface area contributed by atoms with E-state index in [0.717, 1.165) is 10.0 Å². The van der Waals surface area contributed by atoms with Crippen LogP contribution in [0.1, 0.15) is 18.5 Å². The van der Waals surface area contributed by atoms with Gasteiger partial charge in [-0.15, -0.1) is 0 Å². The highest BCUT2D eigenvalue weighted by molar-refractivity contribution is 9.10. The molecular weight excluding hydrogens is 349 g/mol. The third-order valence-electron chi connectivity index (χ3n) is 2.58. The van der Waals surface area contributed by atoms with E-state index in [1.54, 1.807) is 18.2 Å². The number of benzene rings is 2. The number of halogens is 3. The molecule has 0 radical (unpaired) electrons. The number of hydrogen-bond acceptors (Lipinski definition) is 2. The summed E-state index contributed by atoms with van der Waals surface area (Å²) in [6.07, 6.45) is 0. The Morgan fingerprint density at radius 1 is 1.16 bits per heavy atom. The van der Waals surface area contributed by atoms with Crippen LogP contribution in [0.25, 0.3) is 0 Å². The van der Waals surface area contributed by atoms with Crippen molar-refractivity contribution in [3.8, 4) is 11.5 Å². The van der Waals surface area contributed by atoms with E-state index in [1.807, 2.05) is 25.1 Å². The Morgan fingerprint density at radius 2 is 1.89 bits per heavy atom. The fourth-order valence-corrected chi connectivity index (χ4v) is 2.66. The zero-order valence-electron chi connectivity index (χ0n) is 10.2. The minimum absolute atomic E-state index is 0.0433. The van der Waals surface area contributed by atoms with Crippen molar-refractivity contribution in [1.82, 2.24) is 0 Å². The van der Waals surface area contributed by atoms with Crippen LogP contribution in [0.2, 0.25) is 10.0 Å². The van der Waals surface area contributed by atoms with Gasteiger partial charge in [0.1, 0.15) is 11.5 Å². The average Bonchev–Trinajstić information content (AvgIpc) is 2.33. The summed E-state index contributed by atoms with van der Waals surface area (Å²) in [6.45, 7) is 1.93. The summed E-state index contributed by atoms with van der Waals surface area (Å²) in [5.74, 6) is 1.19. The maximum atomic E-state index is 6.05. The lowest BCUT2D eigenvalue weighted by atomic mass is 10.1. The molecule has 2 nitrogen and oxygen atoms in total. The quantitative estimate of drug-likeness (QED) is 0.776. The van der Waals surface area contributed by atoms with Gasteiger partial charge in [-0.3, -0.25) is 0 Å². The molecule has 0 fully saturated rings. The van der Waals surface area contributed by atoms with Crippen molar-refractivity contribution in [2.75, 3.05) is 0 Å². The monoisotopic (exact) mass is 359 g/mol. The molecule has 100 valence electrons. The van der Waals surface area contributed by atoms with Crippen LogP contribution in [0, 0.1) is 0 Å². The zero-order chi connectivity index (χ0) is 14.0. The zero-order valence-corrected chi connectivity index (χ0v) is 13.3. The Labute approximate surface area is 130 Å². The molecule has 0 spiro atoms. The van der Waals surface area contributed by atoms with Crippen molar-refractivity contribution in [1.29, 1.82) is 0 Å². The van der Waals surface area contributed by atoms with Gasteiger partial charge in [0, 0.05) is 21.6 Å². The molecule has 2 N–H and O–H groups in total. The summed E-state index contributed by atoms with van der Waals surface area (Å²) in [5.41, 5.74) is 6.87. The van der Waals surface area contributed by atoms with E-state index in [2.05, 4.69) is 15.9 Å². The SMILES string of the molecule is C[C@@H](N)c1ccc(Oc2cc(Cl)ccc2Cl)cc1Br. The van der Waals surface area contributed by atoms with Crippen molar-refractivity contribution >= 4 is 39.1 Å². The van der Waals surface area contributed by atoms with E-state index in [9.17, 15) is 0 Å². The van der Waals surface area contributed by atoms with Crippen molar-refractivity contribution < 1.29 is 4.74 Å². The van der Waals surface area contributed by atoms with Gasteiger partial charge in [-0.1, -0.05) is 45.2 Å². The molecule has 2 aromatic rings. The van der Waals surface area contributed by atoms with E-state index in [1.165, 1.54) is 0 Å². The first-order valence-corrected chi connectivity index (χ1v) is 7.20. The first-order chi connectivity index (χ1) is 8.97. The van der Waals surface area contributed by atoms with E-state index in [-0.39, 0.29) is 6.04 Å². The number of ether oxygens (including phenoxy) is 1. The van der Waals surface area contributed by atoms with Crippen LogP contribution in [-0.2, 0) is 0 Å². The van der Waals surface area contributed by atoms with Crippen LogP contribution in [0.15, 0.2) is 40.9 Å². The minimum atomic E-state index is -0.0433. The molecule has 0 aliphatic heterocycles. The minimum Gasteiger partial charge on any atom is -0.456 e. The Kier molecular flexibility index (Phi) is 4.74. The Hall–Kier alpha value is -0.740. The predicted octanol–water partition coefficient (Wildman–Crippen LogP) is 5.57. The van der Waals surface area contributed by atoms with Crippen molar-refractivity contribution in [3.63, 3.8) is 0 Å². The highest BCUT2D eigenvalue weighted by atomic mass is 79.9. The third kappa shape index (κ3) is 3.63. The third-order valence-corrected chi connectivity index (χ3v) is 3.82. The summed E-state index contributed by atoms with van der Waals surface area (Å²) >= 11 is 15.4. The summed E-state index contributed by atoms with van der Waals surface area (Å²) in [4.78, 5) is 0. The maximum absolute atomic E-state index is 6.05. The summed E-state index contributed by atoms with van der Waals surface area (Å²) in [6, 6.07) is 10.7. The van der Waals surface area contributed by atoms with Gasteiger partial charge in [0.25, 0.3) is 0 Å². The largest absolute Gasteiger partial charge is 0.456 e. The lowest BCUT2D eigenvalue weighted by Gasteiger charge is -2.12. The van der Waals surface area contributed by atoms with E-state index < -0.39 is 0 Å². The molecule has 0 bridgehead atoms. The molecule has 2 aromatic carbocycles. The van der Waals surface area contributed by atoms with Crippen LogP contribution in [0.3, 0.4) is 0 Å². The molecule has 0 aliphatic carbocycles. The predicted molar refractivity (Wildman–Crippen MR) is 83.3 cm³/mol. The van der Waals surface area contributed by atoms with E-state index >= 15 is 0 Å². The Bertz CT molecular complexity index is 602. The van der Waals surface area contributed by atoms with E-state index in [0.29, 0.717) is 21.5 Å². The first-order valence-electron chi connectivity index (χ1n) is 5.65. The number of hydrogen-bond donors (Lipinski definition) is 1. The number of rotatable bonds is 3. The van der Waals surface area contributed by atoms with E-state index in [4.69, 9.17) is 33.7 Å². The Balaban J connectivity index is 2.29. The van der Waals surface area contributed by atoms with Gasteiger partial charge < -0.3 is 10.5 Å². The maximum Gasteiger partial charge on any atom is 0.147 e. The van der Waals surface area contributed by atoms with Crippen LogP contribution in [-0.4, -0.2) is 0 Å². The normalized spacial score (nSPS) is 12.3. The highest BCUT2D eigenvalue weighted by Crippen LogP contribution is 2.34. The average molecular weight is 361 g/mol. The lowest BCUT2D eigenvalue weighted by Crippen LogP contribution is -2.05. The van der Waals surface area contributed by atoms with Crippen LogP contribution in [0.4, 0.5) is 0 Å². The molecule has 1 atom stereocenters. The fraction of sp³-hybridized carbons (Fsp3) is 0.143. The molecule has 0 saturated carbocycles. The molecule has 0 aliphatic rings. The molecule has 2 rings (SSSR count). The van der Waals surface area contributed by atoms with Crippen LogP contribution < -0.4 is 10.5 Å². The summed E-state index contributed by atoms with van der Waals surface area (Å²) < 4.78 is 6.62. The fourth-order valence-electron chi connectivity index (χ4n) is 1.62. The molecule has 0 amide bonds. The van der Waals surface area contributed by atoms with Crippen LogP contribution in [0.5, 0.6) is 11.5 Å².